The summed E-state index contributed by atoms with van der Waals surface area (Å²) in [5, 5.41) is 6.31. The van der Waals surface area contributed by atoms with Crippen LogP contribution in [0.5, 0.6) is 5.88 Å². The van der Waals surface area contributed by atoms with E-state index in [0.717, 1.165) is 43.6 Å². The minimum atomic E-state index is 0.119. The van der Waals surface area contributed by atoms with Crippen molar-refractivity contribution in [2.24, 2.45) is 4.99 Å². The number of rotatable bonds is 8. The SMILES string of the molecule is CCNC(=NCc1ccnc(OCc2ccccc2)c1)NCC(=O)N1CCCC1. The van der Waals surface area contributed by atoms with E-state index in [1.807, 2.05) is 54.3 Å². The van der Waals surface area contributed by atoms with Gasteiger partial charge in [-0.2, -0.15) is 0 Å². The number of carbonyl (C=O) groups is 1. The second kappa shape index (κ2) is 11.0. The Morgan fingerprint density at radius 3 is 2.69 bits per heavy atom. The fourth-order valence-corrected chi connectivity index (χ4v) is 3.11. The molecule has 1 amide bonds. The molecule has 3 rings (SSSR count). The van der Waals surface area contributed by atoms with Crippen LogP contribution in [0.3, 0.4) is 0 Å². The summed E-state index contributed by atoms with van der Waals surface area (Å²) in [6.45, 7) is 5.65. The van der Waals surface area contributed by atoms with Crippen molar-refractivity contribution in [2.75, 3.05) is 26.2 Å². The van der Waals surface area contributed by atoms with Crippen molar-refractivity contribution in [3.05, 3.63) is 59.8 Å². The maximum absolute atomic E-state index is 12.2. The van der Waals surface area contributed by atoms with Crippen molar-refractivity contribution in [3.63, 3.8) is 0 Å². The number of nitrogens with zero attached hydrogens (tertiary/aromatic N) is 3. The zero-order valence-corrected chi connectivity index (χ0v) is 16.9. The van der Waals surface area contributed by atoms with Gasteiger partial charge in [-0.25, -0.2) is 9.98 Å². The average molecular weight is 396 g/mol. The number of benzene rings is 1. The fourth-order valence-electron chi connectivity index (χ4n) is 3.11. The molecule has 0 unspecified atom stereocenters. The normalized spacial score (nSPS) is 14.0. The van der Waals surface area contributed by atoms with Crippen molar-refractivity contribution in [2.45, 2.75) is 32.9 Å². The average Bonchev–Trinajstić information content (AvgIpc) is 3.30. The minimum absolute atomic E-state index is 0.119. The molecule has 2 N–H and O–H groups in total. The number of likely N-dealkylation sites (tertiary alicyclic amines) is 1. The standard InChI is InChI=1S/C22H29N5O2/c1-2-23-22(26-16-21(28)27-12-6-7-13-27)25-15-19-10-11-24-20(14-19)29-17-18-8-4-3-5-9-18/h3-5,8-11,14H,2,6-7,12-13,15-17H2,1H3,(H2,23,25,26). The lowest BCUT2D eigenvalue weighted by atomic mass is 10.2. The molecular formula is C22H29N5O2. The smallest absolute Gasteiger partial charge is 0.241 e. The monoisotopic (exact) mass is 395 g/mol. The zero-order chi connectivity index (χ0) is 20.3. The molecule has 1 fully saturated rings. The molecular weight excluding hydrogens is 366 g/mol. The number of ether oxygens (including phenoxy) is 1. The highest BCUT2D eigenvalue weighted by molar-refractivity contribution is 5.86. The van der Waals surface area contributed by atoms with Crippen molar-refractivity contribution >= 4 is 11.9 Å². The van der Waals surface area contributed by atoms with E-state index in [9.17, 15) is 4.79 Å². The van der Waals surface area contributed by atoms with E-state index in [-0.39, 0.29) is 12.5 Å². The molecule has 0 radical (unpaired) electrons. The van der Waals surface area contributed by atoms with Gasteiger partial charge in [-0.1, -0.05) is 30.3 Å². The van der Waals surface area contributed by atoms with E-state index in [2.05, 4.69) is 20.6 Å². The molecule has 154 valence electrons. The Balaban J connectivity index is 1.53. The van der Waals surface area contributed by atoms with Gasteiger partial charge in [-0.3, -0.25) is 4.79 Å². The third kappa shape index (κ3) is 6.78. The summed E-state index contributed by atoms with van der Waals surface area (Å²) in [5.41, 5.74) is 2.09. The Hall–Kier alpha value is -3.09. The van der Waals surface area contributed by atoms with Gasteiger partial charge in [0.25, 0.3) is 0 Å². The Kier molecular flexibility index (Phi) is 7.86. The van der Waals surface area contributed by atoms with Crippen LogP contribution in [0.25, 0.3) is 0 Å². The summed E-state index contributed by atoms with van der Waals surface area (Å²) < 4.78 is 5.78. The van der Waals surface area contributed by atoms with Crippen molar-refractivity contribution in [3.8, 4) is 5.88 Å². The molecule has 7 nitrogen and oxygen atoms in total. The topological polar surface area (TPSA) is 78.9 Å². The van der Waals surface area contributed by atoms with Crippen LogP contribution in [0, 0.1) is 0 Å². The highest BCUT2D eigenvalue weighted by atomic mass is 16.5. The highest BCUT2D eigenvalue weighted by Gasteiger charge is 2.17. The summed E-state index contributed by atoms with van der Waals surface area (Å²) in [7, 11) is 0. The minimum Gasteiger partial charge on any atom is -0.473 e. The Morgan fingerprint density at radius 2 is 1.93 bits per heavy atom. The van der Waals surface area contributed by atoms with E-state index in [1.54, 1.807) is 6.20 Å². The van der Waals surface area contributed by atoms with Crippen LogP contribution in [0.15, 0.2) is 53.7 Å². The van der Waals surface area contributed by atoms with Gasteiger partial charge in [0.15, 0.2) is 5.96 Å². The van der Waals surface area contributed by atoms with E-state index >= 15 is 0 Å². The van der Waals surface area contributed by atoms with Crippen molar-refractivity contribution in [1.29, 1.82) is 0 Å². The molecule has 1 aromatic carbocycles. The molecule has 0 atom stereocenters. The summed E-state index contributed by atoms with van der Waals surface area (Å²) >= 11 is 0. The Labute approximate surface area is 172 Å². The first-order chi connectivity index (χ1) is 14.2. The van der Waals surface area contributed by atoms with Gasteiger partial charge in [0.05, 0.1) is 13.1 Å². The number of aromatic nitrogens is 1. The predicted molar refractivity (Wildman–Crippen MR) is 114 cm³/mol. The lowest BCUT2D eigenvalue weighted by Crippen LogP contribution is -2.44. The molecule has 2 heterocycles. The van der Waals surface area contributed by atoms with Crippen LogP contribution in [-0.4, -0.2) is 47.9 Å². The molecule has 0 aliphatic carbocycles. The maximum atomic E-state index is 12.2. The Morgan fingerprint density at radius 1 is 1.14 bits per heavy atom. The quantitative estimate of drug-likeness (QED) is 0.530. The lowest BCUT2D eigenvalue weighted by molar-refractivity contribution is -0.128. The second-order valence-corrected chi connectivity index (χ2v) is 6.91. The van der Waals surface area contributed by atoms with Crippen LogP contribution in [0.4, 0.5) is 0 Å². The summed E-state index contributed by atoms with van der Waals surface area (Å²) in [6, 6.07) is 13.8. The molecule has 0 saturated carbocycles. The number of pyridine rings is 1. The van der Waals surface area contributed by atoms with Crippen LogP contribution >= 0.6 is 0 Å². The van der Waals surface area contributed by atoms with Gasteiger partial charge in [0.1, 0.15) is 6.61 Å². The van der Waals surface area contributed by atoms with E-state index in [4.69, 9.17) is 4.74 Å². The van der Waals surface area contributed by atoms with Gasteiger partial charge in [0.2, 0.25) is 11.8 Å². The number of aliphatic imine (C=N–C) groups is 1. The van der Waals surface area contributed by atoms with E-state index in [0.29, 0.717) is 25.0 Å². The molecule has 1 aromatic heterocycles. The zero-order valence-electron chi connectivity index (χ0n) is 16.9. The maximum Gasteiger partial charge on any atom is 0.241 e. The molecule has 29 heavy (non-hydrogen) atoms. The molecule has 1 aliphatic heterocycles. The predicted octanol–water partition coefficient (Wildman–Crippen LogP) is 2.34. The van der Waals surface area contributed by atoms with Gasteiger partial charge < -0.3 is 20.3 Å². The van der Waals surface area contributed by atoms with Crippen LogP contribution < -0.4 is 15.4 Å². The fraction of sp³-hybridized carbons (Fsp3) is 0.409. The van der Waals surface area contributed by atoms with Gasteiger partial charge in [0, 0.05) is 31.9 Å². The largest absolute Gasteiger partial charge is 0.473 e. The second-order valence-electron chi connectivity index (χ2n) is 6.91. The van der Waals surface area contributed by atoms with Crippen LogP contribution in [-0.2, 0) is 17.9 Å². The molecule has 0 spiro atoms. The summed E-state index contributed by atoms with van der Waals surface area (Å²) in [4.78, 5) is 23.0. The number of guanidine groups is 1. The van der Waals surface area contributed by atoms with Gasteiger partial charge >= 0.3 is 0 Å². The number of carbonyl (C=O) groups excluding carboxylic acids is 1. The first kappa shape index (κ1) is 20.6. The molecule has 2 aromatic rings. The molecule has 0 bridgehead atoms. The summed E-state index contributed by atoms with van der Waals surface area (Å²) in [5.74, 6) is 1.32. The summed E-state index contributed by atoms with van der Waals surface area (Å²) in [6.07, 6.45) is 3.91. The third-order valence-corrected chi connectivity index (χ3v) is 4.66. The van der Waals surface area contributed by atoms with Crippen LogP contribution in [0.1, 0.15) is 30.9 Å². The first-order valence-corrected chi connectivity index (χ1v) is 10.2. The number of hydrogen-bond donors (Lipinski definition) is 2. The van der Waals surface area contributed by atoms with Gasteiger partial charge in [-0.05, 0) is 37.0 Å². The van der Waals surface area contributed by atoms with Crippen LogP contribution in [0.2, 0.25) is 0 Å². The molecule has 1 aliphatic rings. The Bertz CT molecular complexity index is 804. The number of nitrogens with one attached hydrogen (secondary N) is 2. The van der Waals surface area contributed by atoms with E-state index in [1.165, 1.54) is 0 Å². The van der Waals surface area contributed by atoms with Crippen molar-refractivity contribution in [1.82, 2.24) is 20.5 Å². The van der Waals surface area contributed by atoms with E-state index < -0.39 is 0 Å². The lowest BCUT2D eigenvalue weighted by Gasteiger charge is -2.17. The third-order valence-electron chi connectivity index (χ3n) is 4.66. The highest BCUT2D eigenvalue weighted by Crippen LogP contribution is 2.12. The number of amides is 1. The number of hydrogen-bond acceptors (Lipinski definition) is 4. The first-order valence-electron chi connectivity index (χ1n) is 10.2. The van der Waals surface area contributed by atoms with Gasteiger partial charge in [-0.15, -0.1) is 0 Å². The molecule has 1 saturated heterocycles. The molecule has 7 heteroatoms. The van der Waals surface area contributed by atoms with Crippen molar-refractivity contribution < 1.29 is 9.53 Å².